The van der Waals surface area contributed by atoms with Crippen LogP contribution < -0.4 is 4.31 Å². The summed E-state index contributed by atoms with van der Waals surface area (Å²) in [6, 6.07) is 6.13. The minimum atomic E-state index is -3.52. The molecule has 0 fully saturated rings. The molecule has 1 aromatic heterocycles. The lowest BCUT2D eigenvalue weighted by molar-refractivity contribution is 0.102. The Morgan fingerprint density at radius 3 is 2.45 bits per heavy atom. The summed E-state index contributed by atoms with van der Waals surface area (Å²) in [6.07, 6.45) is 5.22. The number of hydrogen-bond acceptors (Lipinski definition) is 5. The largest absolute Gasteiger partial charge is 0.393 e. The Bertz CT molecular complexity index is 1110. The summed E-state index contributed by atoms with van der Waals surface area (Å²) in [5.41, 5.74) is 3.83. The van der Waals surface area contributed by atoms with Gasteiger partial charge in [0, 0.05) is 24.1 Å². The van der Waals surface area contributed by atoms with Crippen molar-refractivity contribution in [1.82, 2.24) is 4.98 Å². The molecule has 0 saturated carbocycles. The molecule has 0 bridgehead atoms. The summed E-state index contributed by atoms with van der Waals surface area (Å²) >= 11 is 0. The van der Waals surface area contributed by atoms with Gasteiger partial charge in [0.25, 0.3) is 0 Å². The van der Waals surface area contributed by atoms with Crippen molar-refractivity contribution in [3.05, 3.63) is 53.0 Å². The number of hydrogen-bond donors (Lipinski definition) is 2. The highest BCUT2D eigenvalue weighted by atomic mass is 32.2. The van der Waals surface area contributed by atoms with Crippen LogP contribution in [0.1, 0.15) is 62.8 Å². The molecule has 6 nitrogen and oxygen atoms in total. The molecule has 3 rings (SSSR count). The summed E-state index contributed by atoms with van der Waals surface area (Å²) in [5.74, 6) is 0.0336. The van der Waals surface area contributed by atoms with E-state index in [1.165, 1.54) is 22.7 Å². The van der Waals surface area contributed by atoms with Crippen LogP contribution in [0.15, 0.2) is 30.3 Å². The number of fused-ring (bicyclic) bond motifs is 1. The van der Waals surface area contributed by atoms with Crippen molar-refractivity contribution in [2.45, 2.75) is 64.6 Å². The summed E-state index contributed by atoms with van der Waals surface area (Å²) in [4.78, 5) is 4.81. The number of nitrogens with zero attached hydrogens (tertiary/aromatic N) is 2. The molecule has 1 aliphatic heterocycles. The average molecular weight is 477 g/mol. The van der Waals surface area contributed by atoms with Crippen molar-refractivity contribution in [2.75, 3.05) is 17.1 Å². The van der Waals surface area contributed by atoms with Gasteiger partial charge < -0.3 is 10.2 Å². The SMILES string of the molecule is CC[C@H](O)C[C@H](O)/C=C/c1c(C(C)C)nc2c(c1-c1ccc(F)cc1)CCCN2S(C)(=O)=O. The van der Waals surface area contributed by atoms with Crippen molar-refractivity contribution >= 4 is 21.9 Å². The van der Waals surface area contributed by atoms with Gasteiger partial charge in [0.05, 0.1) is 24.2 Å². The smallest absolute Gasteiger partial charge is 0.233 e. The number of aliphatic hydroxyl groups is 2. The molecule has 0 saturated heterocycles. The number of pyridine rings is 1. The molecule has 0 spiro atoms. The zero-order valence-electron chi connectivity index (χ0n) is 19.6. The Labute approximate surface area is 195 Å². The molecule has 2 atom stereocenters. The fraction of sp³-hybridized carbons (Fsp3) is 0.480. The maximum atomic E-state index is 13.7. The van der Waals surface area contributed by atoms with Crippen molar-refractivity contribution in [3.63, 3.8) is 0 Å². The van der Waals surface area contributed by atoms with Crippen LogP contribution in [0.25, 0.3) is 17.2 Å². The number of rotatable bonds is 8. The zero-order chi connectivity index (χ0) is 24.3. The molecule has 1 aliphatic rings. The first-order valence-electron chi connectivity index (χ1n) is 11.4. The lowest BCUT2D eigenvalue weighted by Crippen LogP contribution is -2.36. The first kappa shape index (κ1) is 25.3. The third-order valence-electron chi connectivity index (χ3n) is 5.92. The number of aromatic nitrogens is 1. The standard InChI is InChI=1S/C25H33FN2O4S/c1-5-19(29)15-20(30)12-13-21-23(17-8-10-18(26)11-9-17)22-7-6-14-28(33(4,31)32)25(22)27-24(21)16(2)3/h8-13,16,19-20,29-30H,5-7,14-15H2,1-4H3/b13-12+/t19-,20+/m0/s1. The van der Waals surface area contributed by atoms with Crippen LogP contribution in [0.3, 0.4) is 0 Å². The number of sulfonamides is 1. The highest BCUT2D eigenvalue weighted by Gasteiger charge is 2.31. The van der Waals surface area contributed by atoms with Gasteiger partial charge in [-0.2, -0.15) is 0 Å². The highest BCUT2D eigenvalue weighted by Crippen LogP contribution is 2.41. The summed E-state index contributed by atoms with van der Waals surface area (Å²) in [7, 11) is -3.52. The van der Waals surface area contributed by atoms with Crippen LogP contribution >= 0.6 is 0 Å². The Morgan fingerprint density at radius 2 is 1.88 bits per heavy atom. The second-order valence-electron chi connectivity index (χ2n) is 8.91. The monoisotopic (exact) mass is 476 g/mol. The maximum Gasteiger partial charge on any atom is 0.233 e. The summed E-state index contributed by atoms with van der Waals surface area (Å²) in [5, 5.41) is 20.3. The van der Waals surface area contributed by atoms with Crippen molar-refractivity contribution in [3.8, 4) is 11.1 Å². The average Bonchev–Trinajstić information content (AvgIpc) is 2.76. The van der Waals surface area contributed by atoms with E-state index in [0.717, 1.165) is 22.3 Å². The van der Waals surface area contributed by atoms with Crippen molar-refractivity contribution in [1.29, 1.82) is 0 Å². The van der Waals surface area contributed by atoms with Gasteiger partial charge in [0.2, 0.25) is 10.0 Å². The third kappa shape index (κ3) is 5.80. The Morgan fingerprint density at radius 1 is 1.21 bits per heavy atom. The Balaban J connectivity index is 2.27. The quantitative estimate of drug-likeness (QED) is 0.594. The van der Waals surface area contributed by atoms with Crippen LogP contribution in [-0.2, 0) is 16.4 Å². The predicted molar refractivity (Wildman–Crippen MR) is 130 cm³/mol. The molecule has 2 N–H and O–H groups in total. The van der Waals surface area contributed by atoms with E-state index in [-0.39, 0.29) is 18.2 Å². The van der Waals surface area contributed by atoms with Crippen LogP contribution in [-0.4, -0.2) is 48.6 Å². The Kier molecular flexibility index (Phi) is 7.92. The Hall–Kier alpha value is -2.29. The predicted octanol–water partition coefficient (Wildman–Crippen LogP) is 4.26. The van der Waals surface area contributed by atoms with Gasteiger partial charge in [-0.3, -0.25) is 4.31 Å². The molecule has 2 heterocycles. The topological polar surface area (TPSA) is 90.7 Å². The fourth-order valence-corrected chi connectivity index (χ4v) is 5.13. The van der Waals surface area contributed by atoms with Gasteiger partial charge in [0.15, 0.2) is 0 Å². The maximum absolute atomic E-state index is 13.7. The molecular weight excluding hydrogens is 443 g/mol. The molecule has 8 heteroatoms. The van der Waals surface area contributed by atoms with E-state index in [1.54, 1.807) is 24.3 Å². The van der Waals surface area contributed by atoms with Gasteiger partial charge in [-0.15, -0.1) is 0 Å². The second-order valence-corrected chi connectivity index (χ2v) is 10.8. The number of halogens is 1. The minimum Gasteiger partial charge on any atom is -0.393 e. The number of aliphatic hydroxyl groups excluding tert-OH is 2. The zero-order valence-corrected chi connectivity index (χ0v) is 20.4. The fourth-order valence-electron chi connectivity index (χ4n) is 4.20. The molecule has 33 heavy (non-hydrogen) atoms. The normalized spacial score (nSPS) is 16.3. The molecule has 180 valence electrons. The van der Waals surface area contributed by atoms with Gasteiger partial charge >= 0.3 is 0 Å². The molecule has 2 aromatic rings. The van der Waals surface area contributed by atoms with E-state index in [9.17, 15) is 23.0 Å². The molecule has 0 radical (unpaired) electrons. The van der Waals surface area contributed by atoms with E-state index < -0.39 is 22.2 Å². The first-order chi connectivity index (χ1) is 15.5. The first-order valence-corrected chi connectivity index (χ1v) is 13.2. The highest BCUT2D eigenvalue weighted by molar-refractivity contribution is 7.92. The summed E-state index contributed by atoms with van der Waals surface area (Å²) in [6.45, 7) is 6.17. The van der Waals surface area contributed by atoms with Crippen LogP contribution in [0.4, 0.5) is 10.2 Å². The van der Waals surface area contributed by atoms with Gasteiger partial charge in [-0.05, 0) is 48.4 Å². The lowest BCUT2D eigenvalue weighted by atomic mass is 9.87. The van der Waals surface area contributed by atoms with Crippen molar-refractivity contribution < 1.29 is 23.0 Å². The van der Waals surface area contributed by atoms with Gasteiger partial charge in [-0.1, -0.05) is 45.1 Å². The molecule has 0 aliphatic carbocycles. The van der Waals surface area contributed by atoms with E-state index in [2.05, 4.69) is 0 Å². The summed E-state index contributed by atoms with van der Waals surface area (Å²) < 4.78 is 40.1. The number of benzene rings is 1. The van der Waals surface area contributed by atoms with E-state index in [4.69, 9.17) is 4.98 Å². The molecule has 0 amide bonds. The third-order valence-corrected chi connectivity index (χ3v) is 7.07. The lowest BCUT2D eigenvalue weighted by Gasteiger charge is -2.32. The molecule has 0 unspecified atom stereocenters. The van der Waals surface area contributed by atoms with Crippen LogP contribution in [0.5, 0.6) is 0 Å². The van der Waals surface area contributed by atoms with Crippen LogP contribution in [0.2, 0.25) is 0 Å². The van der Waals surface area contributed by atoms with Gasteiger partial charge in [0.1, 0.15) is 11.6 Å². The minimum absolute atomic E-state index is 0.0316. The number of anilines is 1. The van der Waals surface area contributed by atoms with Crippen molar-refractivity contribution in [2.24, 2.45) is 0 Å². The second kappa shape index (κ2) is 10.3. The van der Waals surface area contributed by atoms with Crippen LogP contribution in [0, 0.1) is 5.82 Å². The molecule has 1 aromatic carbocycles. The van der Waals surface area contributed by atoms with E-state index in [0.29, 0.717) is 37.3 Å². The van der Waals surface area contributed by atoms with E-state index >= 15 is 0 Å². The van der Waals surface area contributed by atoms with Gasteiger partial charge in [-0.25, -0.2) is 17.8 Å². The molecular formula is C25H33FN2O4S. The van der Waals surface area contributed by atoms with E-state index in [1.807, 2.05) is 20.8 Å².